The Labute approximate surface area is 135 Å². The molecule has 0 bridgehead atoms. The molecule has 6 heteroatoms. The van der Waals surface area contributed by atoms with E-state index in [2.05, 4.69) is 0 Å². The molecule has 1 aromatic rings. The predicted octanol–water partition coefficient (Wildman–Crippen LogP) is 3.58. The van der Waals surface area contributed by atoms with Crippen molar-refractivity contribution in [1.82, 2.24) is 0 Å². The van der Waals surface area contributed by atoms with Gasteiger partial charge in [-0.2, -0.15) is 0 Å². The molecule has 0 N–H and O–H groups in total. The maximum absolute atomic E-state index is 14.1. The Morgan fingerprint density at radius 3 is 2.22 bits per heavy atom. The number of benzene rings is 1. The third kappa shape index (κ3) is 5.01. The van der Waals surface area contributed by atoms with Crippen LogP contribution in [0.25, 0.3) is 0 Å². The van der Waals surface area contributed by atoms with Crippen LogP contribution in [0.15, 0.2) is 12.1 Å². The summed E-state index contributed by atoms with van der Waals surface area (Å²) in [5, 5.41) is 0. The van der Waals surface area contributed by atoms with Gasteiger partial charge in [0.05, 0.1) is 12.5 Å². The summed E-state index contributed by atoms with van der Waals surface area (Å²) in [6.45, 7) is 5.46. The number of hydrogen-bond acceptors (Lipinski definition) is 4. The number of carbonyl (C=O) groups excluding carboxylic acids is 2. The average molecular weight is 327 g/mol. The van der Waals surface area contributed by atoms with Gasteiger partial charge in [0.2, 0.25) is 0 Å². The minimum Gasteiger partial charge on any atom is -0.466 e. The number of ether oxygens (including phenoxy) is 1. The second-order valence-electron chi connectivity index (χ2n) is 5.41. The highest BCUT2D eigenvalue weighted by Crippen LogP contribution is 2.25. The van der Waals surface area contributed by atoms with E-state index < -0.39 is 17.4 Å². The van der Waals surface area contributed by atoms with Gasteiger partial charge < -0.3 is 9.64 Å². The number of halogens is 2. The van der Waals surface area contributed by atoms with Crippen molar-refractivity contribution < 1.29 is 23.1 Å². The first-order valence-corrected chi connectivity index (χ1v) is 7.69. The number of esters is 1. The van der Waals surface area contributed by atoms with Gasteiger partial charge in [-0.15, -0.1) is 0 Å². The highest BCUT2D eigenvalue weighted by Gasteiger charge is 2.21. The van der Waals surface area contributed by atoms with Crippen LogP contribution in [0.3, 0.4) is 0 Å². The average Bonchev–Trinajstić information content (AvgIpc) is 2.47. The molecule has 0 heterocycles. The zero-order valence-electron chi connectivity index (χ0n) is 14.0. The summed E-state index contributed by atoms with van der Waals surface area (Å²) in [4.78, 5) is 24.4. The smallest absolute Gasteiger partial charge is 0.308 e. The van der Waals surface area contributed by atoms with E-state index in [9.17, 15) is 18.4 Å². The van der Waals surface area contributed by atoms with E-state index in [0.717, 1.165) is 12.1 Å². The molecule has 128 valence electrons. The second kappa shape index (κ2) is 8.60. The molecule has 0 fully saturated rings. The van der Waals surface area contributed by atoms with Crippen LogP contribution < -0.4 is 4.90 Å². The largest absolute Gasteiger partial charge is 0.466 e. The molecule has 1 aromatic carbocycles. The third-order valence-corrected chi connectivity index (χ3v) is 3.73. The molecule has 1 rings (SSSR count). The molecule has 0 amide bonds. The van der Waals surface area contributed by atoms with Crippen LogP contribution in [0, 0.1) is 17.6 Å². The monoisotopic (exact) mass is 327 g/mol. The maximum atomic E-state index is 14.1. The van der Waals surface area contributed by atoms with E-state index in [0.29, 0.717) is 26.0 Å². The van der Waals surface area contributed by atoms with Crippen molar-refractivity contribution in [1.29, 1.82) is 0 Å². The fourth-order valence-electron chi connectivity index (χ4n) is 2.34. The van der Waals surface area contributed by atoms with Crippen molar-refractivity contribution >= 4 is 17.4 Å². The first-order valence-electron chi connectivity index (χ1n) is 7.69. The van der Waals surface area contributed by atoms with Crippen molar-refractivity contribution in [2.24, 2.45) is 5.92 Å². The van der Waals surface area contributed by atoms with Crippen molar-refractivity contribution in [2.45, 2.75) is 33.6 Å². The first-order chi connectivity index (χ1) is 10.8. The van der Waals surface area contributed by atoms with E-state index >= 15 is 0 Å². The maximum Gasteiger partial charge on any atom is 0.308 e. The Morgan fingerprint density at radius 2 is 1.78 bits per heavy atom. The topological polar surface area (TPSA) is 46.6 Å². The molecule has 4 nitrogen and oxygen atoms in total. The van der Waals surface area contributed by atoms with Crippen LogP contribution in [-0.4, -0.2) is 32.0 Å². The minimum atomic E-state index is -0.790. The standard InChI is InChI=1S/C17H23F2NO3/c1-5-12(17(22)23-6-2)7-8-20(4)16-14(18)9-13(11(3)21)10-15(16)19/h9-10,12H,5-8H2,1-4H3. The Morgan fingerprint density at radius 1 is 1.22 bits per heavy atom. The molecule has 0 saturated heterocycles. The van der Waals surface area contributed by atoms with E-state index in [1.165, 1.54) is 11.8 Å². The van der Waals surface area contributed by atoms with Crippen molar-refractivity contribution in [3.63, 3.8) is 0 Å². The van der Waals surface area contributed by atoms with Crippen LogP contribution in [-0.2, 0) is 9.53 Å². The van der Waals surface area contributed by atoms with Gasteiger partial charge in [0.25, 0.3) is 0 Å². The lowest BCUT2D eigenvalue weighted by Crippen LogP contribution is -2.26. The zero-order chi connectivity index (χ0) is 17.6. The van der Waals surface area contributed by atoms with Gasteiger partial charge in [-0.1, -0.05) is 6.92 Å². The van der Waals surface area contributed by atoms with Crippen LogP contribution in [0.2, 0.25) is 0 Å². The molecule has 0 radical (unpaired) electrons. The SMILES string of the molecule is CCOC(=O)C(CC)CCN(C)c1c(F)cc(C(C)=O)cc1F. The number of anilines is 1. The Balaban J connectivity index is 2.84. The number of nitrogens with zero attached hydrogens (tertiary/aromatic N) is 1. The molecular weight excluding hydrogens is 304 g/mol. The summed E-state index contributed by atoms with van der Waals surface area (Å²) in [6, 6.07) is 2.06. The highest BCUT2D eigenvalue weighted by molar-refractivity contribution is 5.94. The normalized spacial score (nSPS) is 11.9. The van der Waals surface area contributed by atoms with E-state index in [-0.39, 0.29) is 23.1 Å². The van der Waals surface area contributed by atoms with Crippen molar-refractivity contribution in [2.75, 3.05) is 25.1 Å². The van der Waals surface area contributed by atoms with Crippen LogP contribution in [0.4, 0.5) is 14.5 Å². The summed E-state index contributed by atoms with van der Waals surface area (Å²) in [5.74, 6) is -2.58. The molecule has 1 atom stereocenters. The first kappa shape index (κ1) is 19.1. The van der Waals surface area contributed by atoms with Gasteiger partial charge in [0.15, 0.2) is 5.78 Å². The molecule has 0 spiro atoms. The Hall–Kier alpha value is -1.98. The van der Waals surface area contributed by atoms with Gasteiger partial charge in [0.1, 0.15) is 17.3 Å². The number of hydrogen-bond donors (Lipinski definition) is 0. The molecule has 0 aliphatic rings. The van der Waals surface area contributed by atoms with E-state index in [1.54, 1.807) is 14.0 Å². The minimum absolute atomic E-state index is 0.00453. The lowest BCUT2D eigenvalue weighted by atomic mass is 10.0. The molecule has 23 heavy (non-hydrogen) atoms. The van der Waals surface area contributed by atoms with Crippen molar-refractivity contribution in [3.8, 4) is 0 Å². The number of carbonyl (C=O) groups is 2. The van der Waals surface area contributed by atoms with Gasteiger partial charge >= 0.3 is 5.97 Å². The van der Waals surface area contributed by atoms with Gasteiger partial charge in [0, 0.05) is 19.2 Å². The summed E-state index contributed by atoms with van der Waals surface area (Å²) >= 11 is 0. The third-order valence-electron chi connectivity index (χ3n) is 3.73. The summed E-state index contributed by atoms with van der Waals surface area (Å²) < 4.78 is 33.1. The quantitative estimate of drug-likeness (QED) is 0.541. The van der Waals surface area contributed by atoms with Crippen LogP contribution >= 0.6 is 0 Å². The van der Waals surface area contributed by atoms with E-state index in [4.69, 9.17) is 4.74 Å². The van der Waals surface area contributed by atoms with Crippen LogP contribution in [0.1, 0.15) is 44.0 Å². The zero-order valence-corrected chi connectivity index (χ0v) is 14.0. The molecule has 1 unspecified atom stereocenters. The Kier molecular flexibility index (Phi) is 7.13. The van der Waals surface area contributed by atoms with Gasteiger partial charge in [-0.25, -0.2) is 8.78 Å². The molecular formula is C17H23F2NO3. The lowest BCUT2D eigenvalue weighted by molar-refractivity contribution is -0.148. The number of rotatable bonds is 8. The summed E-state index contributed by atoms with van der Waals surface area (Å²) in [6.07, 6.45) is 1.03. The predicted molar refractivity (Wildman–Crippen MR) is 84.7 cm³/mol. The lowest BCUT2D eigenvalue weighted by Gasteiger charge is -2.23. The molecule has 0 aliphatic carbocycles. The number of Topliss-reactive ketones (excluding diaryl/α,β-unsaturated/α-hetero) is 1. The Bertz CT molecular complexity index is 552. The van der Waals surface area contributed by atoms with E-state index in [1.807, 2.05) is 6.92 Å². The highest BCUT2D eigenvalue weighted by atomic mass is 19.1. The summed E-state index contributed by atoms with van der Waals surface area (Å²) in [5.41, 5.74) is -0.205. The molecule has 0 aromatic heterocycles. The van der Waals surface area contributed by atoms with Gasteiger partial charge in [-0.05, 0) is 38.8 Å². The fraction of sp³-hybridized carbons (Fsp3) is 0.529. The van der Waals surface area contributed by atoms with Crippen LogP contribution in [0.5, 0.6) is 0 Å². The molecule has 0 saturated carbocycles. The molecule has 0 aliphatic heterocycles. The second-order valence-corrected chi connectivity index (χ2v) is 5.41. The number of ketones is 1. The summed E-state index contributed by atoms with van der Waals surface area (Å²) in [7, 11) is 1.55. The van der Waals surface area contributed by atoms with Gasteiger partial charge in [-0.3, -0.25) is 9.59 Å². The van der Waals surface area contributed by atoms with Crippen molar-refractivity contribution in [3.05, 3.63) is 29.3 Å². The fourth-order valence-corrected chi connectivity index (χ4v) is 2.34.